The molecule has 3 amide bonds. The second-order valence-corrected chi connectivity index (χ2v) is 4.69. The van der Waals surface area contributed by atoms with Crippen LogP contribution in [0.1, 0.15) is 25.3 Å². The maximum absolute atomic E-state index is 11.7. The topological polar surface area (TPSA) is 95.5 Å². The Hall–Kier alpha value is -2.08. The Labute approximate surface area is 125 Å². The van der Waals surface area contributed by atoms with Gasteiger partial charge in [-0.15, -0.1) is 0 Å². The monoisotopic (exact) mass is 292 g/mol. The lowest BCUT2D eigenvalue weighted by Crippen LogP contribution is -2.44. The van der Waals surface area contributed by atoms with Crippen LogP contribution in [0.15, 0.2) is 24.3 Å². The summed E-state index contributed by atoms with van der Waals surface area (Å²) in [7, 11) is 1.58. The van der Waals surface area contributed by atoms with Crippen LogP contribution in [0, 0.1) is 0 Å². The van der Waals surface area contributed by atoms with Crippen molar-refractivity contribution in [3.05, 3.63) is 29.8 Å². The summed E-state index contributed by atoms with van der Waals surface area (Å²) in [5.41, 5.74) is 6.66. The number of benzene rings is 1. The van der Waals surface area contributed by atoms with Crippen LogP contribution >= 0.6 is 0 Å². The van der Waals surface area contributed by atoms with Crippen molar-refractivity contribution in [3.8, 4) is 5.75 Å². The highest BCUT2D eigenvalue weighted by Crippen LogP contribution is 2.12. The molecule has 6 nitrogen and oxygen atoms in total. The number of urea groups is 1. The minimum atomic E-state index is -0.824. The van der Waals surface area contributed by atoms with E-state index in [2.05, 4.69) is 10.6 Å². The zero-order chi connectivity index (χ0) is 15.7. The van der Waals surface area contributed by atoms with Crippen LogP contribution in [-0.2, 0) is 11.2 Å². The van der Waals surface area contributed by atoms with Crippen LogP contribution in [0.3, 0.4) is 0 Å². The van der Waals surface area contributed by atoms with Gasteiger partial charge in [-0.3, -0.25) is 4.79 Å². The molecule has 0 aliphatic rings. The lowest BCUT2D eigenvalue weighted by Gasteiger charge is -2.10. The Bertz CT molecular complexity index is 460. The highest BCUT2D eigenvalue weighted by Gasteiger charge is 2.18. The summed E-state index contributed by atoms with van der Waals surface area (Å²) in [6, 6.07) is 5.79. The van der Waals surface area contributed by atoms with E-state index < -0.39 is 18.0 Å². The average molecular weight is 292 g/mol. The quantitative estimate of drug-likeness (QED) is 0.738. The number of rotatable bonds is 7. The molecule has 1 atom stereocenters. The van der Waals surface area contributed by atoms with Gasteiger partial charge in [-0.05, 0) is 30.5 Å². The third-order valence-corrected chi connectivity index (χ3v) is 2.95. The molecule has 1 rings (SSSR count). The molecular weight excluding hydrogens is 270 g/mol. The third-order valence-electron chi connectivity index (χ3n) is 2.95. The zero-order valence-electron chi connectivity index (χ0n) is 12.5. The Morgan fingerprint density at radius 2 is 2.00 bits per heavy atom. The first-order chi connectivity index (χ1) is 10.1. The van der Waals surface area contributed by atoms with Crippen molar-refractivity contribution >= 4 is 11.9 Å². The number of hydrogen-bond donors (Lipinski definition) is 2. The molecule has 0 spiro atoms. The number of ether oxygens (including phenoxy) is 1. The molecule has 3 N–H and O–H groups in total. The van der Waals surface area contributed by atoms with E-state index in [1.807, 2.05) is 19.1 Å². The fourth-order valence-electron chi connectivity index (χ4n) is 1.70. The molecule has 0 heterocycles. The molecule has 0 aromatic heterocycles. The maximum Gasteiger partial charge on any atom is 0.344 e. The number of hydrogen-bond acceptors (Lipinski definition) is 4. The zero-order valence-corrected chi connectivity index (χ0v) is 12.5. The van der Waals surface area contributed by atoms with Crippen molar-refractivity contribution in [1.29, 1.82) is 0 Å². The van der Waals surface area contributed by atoms with E-state index >= 15 is 0 Å². The minimum absolute atomic E-state index is 0.328. The van der Waals surface area contributed by atoms with E-state index in [0.29, 0.717) is 13.0 Å². The van der Waals surface area contributed by atoms with Gasteiger partial charge >= 0.3 is 6.03 Å². The van der Waals surface area contributed by atoms with Crippen LogP contribution in [0.5, 0.6) is 5.75 Å². The molecule has 21 heavy (non-hydrogen) atoms. The van der Waals surface area contributed by atoms with Crippen molar-refractivity contribution in [2.75, 3.05) is 13.7 Å². The van der Waals surface area contributed by atoms with E-state index in [0.717, 1.165) is 24.2 Å². The van der Waals surface area contributed by atoms with Crippen LogP contribution in [0.25, 0.3) is 0 Å². The number of carbonyl (C=O) groups is 2. The van der Waals surface area contributed by atoms with Gasteiger partial charge in [0.05, 0.1) is 13.2 Å². The van der Waals surface area contributed by atoms with Crippen LogP contribution < -0.4 is 21.1 Å². The first-order valence-corrected chi connectivity index (χ1v) is 6.98. The first-order valence-electron chi connectivity index (χ1n) is 6.98. The standard InChI is InChI=1S/C15H22N3O3/c1-3-4-9-17-15(20)18-14(19)13(16)10-11-5-7-12(21-2)8-6-11/h5-8,13H,3-4,9-10,16H2,1-2H3,(H,17,20). The van der Waals surface area contributed by atoms with Gasteiger partial charge in [-0.2, -0.15) is 5.32 Å². The molecule has 115 valence electrons. The molecular formula is C15H22N3O3. The molecule has 0 aliphatic carbocycles. The molecule has 0 saturated heterocycles. The van der Waals surface area contributed by atoms with Crippen molar-refractivity contribution < 1.29 is 14.3 Å². The van der Waals surface area contributed by atoms with E-state index in [-0.39, 0.29) is 0 Å². The normalized spacial score (nSPS) is 11.6. The predicted molar refractivity (Wildman–Crippen MR) is 80.1 cm³/mol. The van der Waals surface area contributed by atoms with Gasteiger partial charge in [0.15, 0.2) is 0 Å². The van der Waals surface area contributed by atoms with Crippen LogP contribution in [-0.4, -0.2) is 31.6 Å². The number of carbonyl (C=O) groups excluding carboxylic acids is 2. The molecule has 0 saturated carbocycles. The summed E-state index contributed by atoms with van der Waals surface area (Å²) in [5, 5.41) is 5.99. The number of nitrogens with two attached hydrogens (primary N) is 1. The summed E-state index contributed by atoms with van der Waals surface area (Å²) in [4.78, 5) is 23.1. The smallest absolute Gasteiger partial charge is 0.344 e. The van der Waals surface area contributed by atoms with Crippen molar-refractivity contribution in [2.45, 2.75) is 32.2 Å². The third kappa shape index (κ3) is 6.27. The Morgan fingerprint density at radius 3 is 2.57 bits per heavy atom. The van der Waals surface area contributed by atoms with Crippen molar-refractivity contribution in [1.82, 2.24) is 10.6 Å². The molecule has 6 heteroatoms. The van der Waals surface area contributed by atoms with Crippen LogP contribution in [0.4, 0.5) is 4.79 Å². The van der Waals surface area contributed by atoms with Gasteiger partial charge in [0.2, 0.25) is 0 Å². The average Bonchev–Trinajstić information content (AvgIpc) is 2.48. The van der Waals surface area contributed by atoms with Crippen molar-refractivity contribution in [2.24, 2.45) is 5.73 Å². The lowest BCUT2D eigenvalue weighted by atomic mass is 10.1. The molecule has 1 unspecified atom stereocenters. The number of unbranched alkanes of at least 4 members (excludes halogenated alkanes) is 1. The summed E-state index contributed by atoms with van der Waals surface area (Å²) in [5.74, 6) is 0.124. The van der Waals surface area contributed by atoms with Gasteiger partial charge in [0.1, 0.15) is 5.75 Å². The van der Waals surface area contributed by atoms with E-state index in [1.54, 1.807) is 19.2 Å². The lowest BCUT2D eigenvalue weighted by molar-refractivity contribution is -0.121. The second kappa shape index (κ2) is 8.97. The minimum Gasteiger partial charge on any atom is -0.497 e. The molecule has 0 bridgehead atoms. The Kier molecular flexibility index (Phi) is 7.25. The maximum atomic E-state index is 11.7. The summed E-state index contributed by atoms with van der Waals surface area (Å²) < 4.78 is 5.05. The number of nitrogens with one attached hydrogen (secondary N) is 1. The first kappa shape index (κ1) is 17.0. The van der Waals surface area contributed by atoms with E-state index in [4.69, 9.17) is 10.5 Å². The van der Waals surface area contributed by atoms with Gasteiger partial charge in [-0.1, -0.05) is 25.5 Å². The van der Waals surface area contributed by atoms with Gasteiger partial charge in [0.25, 0.3) is 5.91 Å². The molecule has 1 aromatic rings. The largest absolute Gasteiger partial charge is 0.497 e. The van der Waals surface area contributed by atoms with Gasteiger partial charge in [-0.25, -0.2) is 4.79 Å². The molecule has 1 aromatic carbocycles. The summed E-state index contributed by atoms with van der Waals surface area (Å²) >= 11 is 0. The molecule has 0 aliphatic heterocycles. The Morgan fingerprint density at radius 1 is 1.33 bits per heavy atom. The number of amides is 3. The predicted octanol–water partition coefficient (Wildman–Crippen LogP) is 1.21. The molecule has 0 fully saturated rings. The highest BCUT2D eigenvalue weighted by molar-refractivity contribution is 5.96. The van der Waals surface area contributed by atoms with Crippen LogP contribution in [0.2, 0.25) is 0 Å². The molecule has 1 radical (unpaired) electrons. The van der Waals surface area contributed by atoms with Crippen molar-refractivity contribution in [3.63, 3.8) is 0 Å². The fourth-order valence-corrected chi connectivity index (χ4v) is 1.70. The highest BCUT2D eigenvalue weighted by atomic mass is 16.5. The summed E-state index contributed by atoms with van der Waals surface area (Å²) in [6.07, 6.45) is 2.15. The second-order valence-electron chi connectivity index (χ2n) is 4.69. The summed E-state index contributed by atoms with van der Waals surface area (Å²) in [6.45, 7) is 2.53. The number of nitrogens with zero attached hydrogens (tertiary/aromatic N) is 1. The van der Waals surface area contributed by atoms with Gasteiger partial charge < -0.3 is 15.8 Å². The fraction of sp³-hybridized carbons (Fsp3) is 0.467. The SMILES string of the molecule is CCCCNC(=O)[N]C(=O)C(N)Cc1ccc(OC)cc1. The van der Waals surface area contributed by atoms with Gasteiger partial charge in [0, 0.05) is 6.54 Å². The number of imide groups is 1. The number of methoxy groups -OCH3 is 1. The Balaban J connectivity index is 2.41. The van der Waals surface area contributed by atoms with E-state index in [9.17, 15) is 9.59 Å². The van der Waals surface area contributed by atoms with E-state index in [1.165, 1.54) is 0 Å².